The Balaban J connectivity index is 1.86. The molecule has 8 heteroatoms. The second-order valence-electron chi connectivity index (χ2n) is 6.95. The van der Waals surface area contributed by atoms with Crippen LogP contribution in [0.25, 0.3) is 6.08 Å². The van der Waals surface area contributed by atoms with Gasteiger partial charge in [-0.1, -0.05) is 59.1 Å². The largest absolute Gasteiger partial charge is 0.493 e. The minimum Gasteiger partial charge on any atom is -0.493 e. The first-order valence-electron chi connectivity index (χ1n) is 9.76. The number of nitriles is 1. The lowest BCUT2D eigenvalue weighted by Crippen LogP contribution is -2.14. The summed E-state index contributed by atoms with van der Waals surface area (Å²) in [5.74, 6) is 0.307. The number of aryl methyl sites for hydroxylation is 1. The molecule has 0 spiro atoms. The Labute approximate surface area is 207 Å². The average Bonchev–Trinajstić information content (AvgIpc) is 2.79. The lowest BCUT2D eigenvalue weighted by molar-refractivity contribution is -0.112. The maximum absolute atomic E-state index is 12.7. The molecule has 0 fully saturated rings. The number of carbonyl (C=O) groups excluding carboxylic acids is 1. The summed E-state index contributed by atoms with van der Waals surface area (Å²) in [6.45, 7) is 1.93. The fraction of sp³-hybridized carbons (Fsp3) is 0.120. The van der Waals surface area contributed by atoms with Crippen molar-refractivity contribution in [2.24, 2.45) is 0 Å². The van der Waals surface area contributed by atoms with E-state index in [1.807, 2.05) is 19.1 Å². The number of rotatable bonds is 7. The highest BCUT2D eigenvalue weighted by Crippen LogP contribution is 2.32. The highest BCUT2D eigenvalue weighted by atomic mass is 35.5. The molecule has 1 amide bonds. The quantitative estimate of drug-likeness (QED) is 0.277. The number of anilines is 1. The lowest BCUT2D eigenvalue weighted by Gasteiger charge is -2.13. The van der Waals surface area contributed by atoms with E-state index in [2.05, 4.69) is 5.32 Å². The van der Waals surface area contributed by atoms with Gasteiger partial charge in [-0.25, -0.2) is 0 Å². The molecular weight excluding hydrogens is 483 g/mol. The zero-order valence-corrected chi connectivity index (χ0v) is 20.1. The number of hydrogen-bond acceptors (Lipinski definition) is 4. The van der Waals surface area contributed by atoms with Crippen LogP contribution in [0.3, 0.4) is 0 Å². The van der Waals surface area contributed by atoms with Gasteiger partial charge in [-0.3, -0.25) is 4.79 Å². The first kappa shape index (κ1) is 24.5. The van der Waals surface area contributed by atoms with Gasteiger partial charge in [-0.05, 0) is 54.5 Å². The number of carbonyl (C=O) groups is 1. The van der Waals surface area contributed by atoms with Crippen LogP contribution in [0.2, 0.25) is 15.1 Å². The molecule has 0 atom stereocenters. The van der Waals surface area contributed by atoms with E-state index in [1.165, 1.54) is 13.2 Å². The number of nitrogens with one attached hydrogen (secondary N) is 1. The van der Waals surface area contributed by atoms with Crippen molar-refractivity contribution in [1.82, 2.24) is 0 Å². The number of halogens is 3. The molecule has 0 aliphatic carbocycles. The molecule has 3 rings (SSSR count). The van der Waals surface area contributed by atoms with Crippen molar-refractivity contribution in [2.75, 3.05) is 12.4 Å². The van der Waals surface area contributed by atoms with Crippen molar-refractivity contribution in [3.05, 3.63) is 91.9 Å². The normalized spacial score (nSPS) is 11.0. The van der Waals surface area contributed by atoms with E-state index in [0.29, 0.717) is 43.4 Å². The number of amides is 1. The Morgan fingerprint density at radius 3 is 2.33 bits per heavy atom. The van der Waals surface area contributed by atoms with Crippen molar-refractivity contribution in [2.45, 2.75) is 13.5 Å². The van der Waals surface area contributed by atoms with E-state index in [-0.39, 0.29) is 12.2 Å². The molecule has 0 saturated heterocycles. The monoisotopic (exact) mass is 500 g/mol. The second kappa shape index (κ2) is 11.1. The van der Waals surface area contributed by atoms with Crippen molar-refractivity contribution in [3.63, 3.8) is 0 Å². The standard InChI is InChI=1S/C25H19Cl3N2O3/c1-15-5-3-8-21(28)24(15)30-25(31)17(13-29)11-16-9-10-22(32-2)23(12-16)33-14-18-19(26)6-4-7-20(18)27/h3-12H,14H2,1-2H3,(H,30,31)/b17-11+. The van der Waals surface area contributed by atoms with Crippen LogP contribution < -0.4 is 14.8 Å². The molecule has 0 heterocycles. The van der Waals surface area contributed by atoms with Gasteiger partial charge in [0.15, 0.2) is 11.5 Å². The smallest absolute Gasteiger partial charge is 0.266 e. The number of ether oxygens (including phenoxy) is 2. The van der Waals surface area contributed by atoms with Crippen LogP contribution in [-0.2, 0) is 11.4 Å². The SMILES string of the molecule is COc1ccc(/C=C(\C#N)C(=O)Nc2c(C)cccc2Cl)cc1OCc1c(Cl)cccc1Cl. The van der Waals surface area contributed by atoms with Crippen molar-refractivity contribution in [1.29, 1.82) is 5.26 Å². The molecule has 0 aliphatic heterocycles. The molecule has 0 unspecified atom stereocenters. The summed E-state index contributed by atoms with van der Waals surface area (Å²) in [6.07, 6.45) is 1.45. The van der Waals surface area contributed by atoms with Crippen LogP contribution >= 0.6 is 34.8 Å². The fourth-order valence-corrected chi connectivity index (χ4v) is 3.78. The summed E-state index contributed by atoms with van der Waals surface area (Å²) < 4.78 is 11.3. The van der Waals surface area contributed by atoms with Gasteiger partial charge in [-0.2, -0.15) is 5.26 Å². The molecule has 5 nitrogen and oxygen atoms in total. The number of methoxy groups -OCH3 is 1. The highest BCUT2D eigenvalue weighted by Gasteiger charge is 2.14. The van der Waals surface area contributed by atoms with Crippen LogP contribution in [-0.4, -0.2) is 13.0 Å². The van der Waals surface area contributed by atoms with Crippen LogP contribution in [0.5, 0.6) is 11.5 Å². The molecular formula is C25H19Cl3N2O3. The van der Waals surface area contributed by atoms with E-state index in [0.717, 1.165) is 5.56 Å². The number of para-hydroxylation sites is 1. The van der Waals surface area contributed by atoms with Gasteiger partial charge in [0.25, 0.3) is 5.91 Å². The van der Waals surface area contributed by atoms with Gasteiger partial charge in [0.05, 0.1) is 17.8 Å². The maximum Gasteiger partial charge on any atom is 0.266 e. The van der Waals surface area contributed by atoms with E-state index in [4.69, 9.17) is 44.3 Å². The molecule has 1 N–H and O–H groups in total. The summed E-state index contributed by atoms with van der Waals surface area (Å²) in [7, 11) is 1.51. The van der Waals surface area contributed by atoms with Crippen molar-refractivity contribution >= 4 is 52.5 Å². The predicted octanol–water partition coefficient (Wildman–Crippen LogP) is 7.09. The predicted molar refractivity (Wildman–Crippen MR) is 132 cm³/mol. The van der Waals surface area contributed by atoms with Gasteiger partial charge in [-0.15, -0.1) is 0 Å². The molecule has 3 aromatic rings. The third kappa shape index (κ3) is 6.00. The van der Waals surface area contributed by atoms with Gasteiger partial charge in [0.2, 0.25) is 0 Å². The fourth-order valence-electron chi connectivity index (χ4n) is 3.00. The Hall–Kier alpha value is -3.17. The number of nitrogens with zero attached hydrogens (tertiary/aromatic N) is 1. The Morgan fingerprint density at radius 1 is 1.03 bits per heavy atom. The number of hydrogen-bond donors (Lipinski definition) is 1. The molecule has 0 bridgehead atoms. The molecule has 33 heavy (non-hydrogen) atoms. The van der Waals surface area contributed by atoms with E-state index >= 15 is 0 Å². The highest BCUT2D eigenvalue weighted by molar-refractivity contribution is 6.36. The van der Waals surface area contributed by atoms with Crippen LogP contribution in [0.1, 0.15) is 16.7 Å². The van der Waals surface area contributed by atoms with Crippen LogP contribution in [0, 0.1) is 18.3 Å². The third-order valence-electron chi connectivity index (χ3n) is 4.76. The van der Waals surface area contributed by atoms with Gasteiger partial charge in [0.1, 0.15) is 18.2 Å². The van der Waals surface area contributed by atoms with Crippen LogP contribution in [0.15, 0.2) is 60.2 Å². The molecule has 3 aromatic carbocycles. The Kier molecular flexibility index (Phi) is 8.24. The lowest BCUT2D eigenvalue weighted by atomic mass is 10.1. The van der Waals surface area contributed by atoms with Gasteiger partial charge in [0, 0.05) is 15.6 Å². The van der Waals surface area contributed by atoms with E-state index in [9.17, 15) is 10.1 Å². The second-order valence-corrected chi connectivity index (χ2v) is 8.18. The number of benzene rings is 3. The molecule has 0 aliphatic rings. The summed E-state index contributed by atoms with van der Waals surface area (Å²) in [6, 6.07) is 17.4. The van der Waals surface area contributed by atoms with Crippen molar-refractivity contribution < 1.29 is 14.3 Å². The molecule has 0 aromatic heterocycles. The summed E-state index contributed by atoms with van der Waals surface area (Å²) in [4.78, 5) is 12.7. The van der Waals surface area contributed by atoms with Gasteiger partial charge >= 0.3 is 0 Å². The molecule has 0 radical (unpaired) electrons. The zero-order valence-electron chi connectivity index (χ0n) is 17.8. The van der Waals surface area contributed by atoms with E-state index < -0.39 is 5.91 Å². The first-order chi connectivity index (χ1) is 15.8. The zero-order chi connectivity index (χ0) is 24.0. The minimum atomic E-state index is -0.574. The van der Waals surface area contributed by atoms with Gasteiger partial charge < -0.3 is 14.8 Å². The minimum absolute atomic E-state index is 0.0976. The van der Waals surface area contributed by atoms with Crippen LogP contribution in [0.4, 0.5) is 5.69 Å². The topological polar surface area (TPSA) is 71.3 Å². The van der Waals surface area contributed by atoms with E-state index in [1.54, 1.807) is 48.5 Å². The Bertz CT molecular complexity index is 1230. The average molecular weight is 502 g/mol. The summed E-state index contributed by atoms with van der Waals surface area (Å²) in [5, 5.41) is 13.6. The maximum atomic E-state index is 12.7. The molecule has 168 valence electrons. The Morgan fingerprint density at radius 2 is 1.70 bits per heavy atom. The summed E-state index contributed by atoms with van der Waals surface area (Å²) >= 11 is 18.6. The summed E-state index contributed by atoms with van der Waals surface area (Å²) in [5.41, 5.74) is 2.35. The molecule has 0 saturated carbocycles. The first-order valence-corrected chi connectivity index (χ1v) is 10.9. The van der Waals surface area contributed by atoms with Crippen molar-refractivity contribution in [3.8, 4) is 17.6 Å². The third-order valence-corrected chi connectivity index (χ3v) is 5.78.